The van der Waals surface area contributed by atoms with Crippen LogP contribution in [0, 0.1) is 22.7 Å². The number of nitrogens with zero attached hydrogens (tertiary/aromatic N) is 4. The summed E-state index contributed by atoms with van der Waals surface area (Å²) in [5.74, 6) is -0.0678. The van der Waals surface area contributed by atoms with Crippen LogP contribution >= 0.6 is 0 Å². The highest BCUT2D eigenvalue weighted by atomic mass is 16.1. The van der Waals surface area contributed by atoms with Gasteiger partial charge in [0.2, 0.25) is 0 Å². The molecule has 0 atom stereocenters. The Hall–Kier alpha value is -3.84. The van der Waals surface area contributed by atoms with E-state index in [4.69, 9.17) is 5.73 Å². The summed E-state index contributed by atoms with van der Waals surface area (Å²) >= 11 is 0. The highest BCUT2D eigenvalue weighted by Gasteiger charge is 2.20. The third kappa shape index (κ3) is 2.23. The molecule has 7 nitrogen and oxygen atoms in total. The number of nitrogen functional groups attached to an aromatic ring is 1. The van der Waals surface area contributed by atoms with E-state index in [2.05, 4.69) is 10.1 Å². The van der Waals surface area contributed by atoms with Gasteiger partial charge in [-0.15, -0.1) is 0 Å². The molecule has 0 fully saturated rings. The van der Waals surface area contributed by atoms with Crippen molar-refractivity contribution in [3.8, 4) is 29.0 Å². The maximum absolute atomic E-state index is 12.0. The summed E-state index contributed by atoms with van der Waals surface area (Å²) in [7, 11) is 0. The normalized spacial score (nSPS) is 10.0. The SMILES string of the molecule is N#Cc1c(N)[nH]c(=O)c(C#N)c1-c1ccccc1-n1cccn1. The van der Waals surface area contributed by atoms with Crippen LogP contribution in [0.5, 0.6) is 0 Å². The second-order valence-corrected chi connectivity index (χ2v) is 4.68. The van der Waals surface area contributed by atoms with Crippen molar-refractivity contribution >= 4 is 5.82 Å². The monoisotopic (exact) mass is 302 g/mol. The van der Waals surface area contributed by atoms with E-state index in [1.807, 2.05) is 12.1 Å². The number of nitriles is 2. The van der Waals surface area contributed by atoms with Gasteiger partial charge in [0.15, 0.2) is 0 Å². The van der Waals surface area contributed by atoms with Crippen LogP contribution in [0.3, 0.4) is 0 Å². The number of nitrogens with one attached hydrogen (secondary N) is 1. The topological polar surface area (TPSA) is 124 Å². The number of para-hydroxylation sites is 1. The van der Waals surface area contributed by atoms with Crippen molar-refractivity contribution in [3.05, 3.63) is 64.2 Å². The average Bonchev–Trinajstić information content (AvgIpc) is 3.08. The van der Waals surface area contributed by atoms with Gasteiger partial charge in [0.25, 0.3) is 5.56 Å². The lowest BCUT2D eigenvalue weighted by atomic mass is 9.95. The van der Waals surface area contributed by atoms with Crippen molar-refractivity contribution in [3.63, 3.8) is 0 Å². The molecule has 0 radical (unpaired) electrons. The number of hydrogen-bond acceptors (Lipinski definition) is 5. The molecule has 0 aliphatic rings. The number of pyridine rings is 1. The molecule has 0 unspecified atom stereocenters. The Morgan fingerprint density at radius 2 is 1.87 bits per heavy atom. The molecule has 2 heterocycles. The molecule has 0 saturated carbocycles. The van der Waals surface area contributed by atoms with E-state index in [1.165, 1.54) is 0 Å². The molecule has 0 saturated heterocycles. The van der Waals surface area contributed by atoms with Crippen LogP contribution in [-0.2, 0) is 0 Å². The first-order valence-electron chi connectivity index (χ1n) is 6.62. The molecule has 0 aliphatic carbocycles. The molecule has 1 aromatic carbocycles. The molecule has 110 valence electrons. The Balaban J connectivity index is 2.45. The fraction of sp³-hybridized carbons (Fsp3) is 0. The van der Waals surface area contributed by atoms with E-state index >= 15 is 0 Å². The Bertz CT molecular complexity index is 1020. The number of aromatic nitrogens is 3. The van der Waals surface area contributed by atoms with Crippen LogP contribution in [0.1, 0.15) is 11.1 Å². The lowest BCUT2D eigenvalue weighted by molar-refractivity contribution is 0.882. The molecule has 0 bridgehead atoms. The van der Waals surface area contributed by atoms with E-state index in [0.29, 0.717) is 11.3 Å². The van der Waals surface area contributed by atoms with E-state index in [0.717, 1.165) is 0 Å². The highest BCUT2D eigenvalue weighted by Crippen LogP contribution is 2.32. The lowest BCUT2D eigenvalue weighted by Crippen LogP contribution is -2.16. The zero-order chi connectivity index (χ0) is 16.4. The van der Waals surface area contributed by atoms with Gasteiger partial charge in [0, 0.05) is 23.5 Å². The minimum atomic E-state index is -0.630. The zero-order valence-electron chi connectivity index (χ0n) is 11.8. The Morgan fingerprint density at radius 1 is 1.13 bits per heavy atom. The molecular weight excluding hydrogens is 292 g/mol. The van der Waals surface area contributed by atoms with E-state index in [9.17, 15) is 15.3 Å². The van der Waals surface area contributed by atoms with Crippen molar-refractivity contribution < 1.29 is 0 Å². The first kappa shape index (κ1) is 14.1. The van der Waals surface area contributed by atoms with Gasteiger partial charge in [-0.3, -0.25) is 4.79 Å². The van der Waals surface area contributed by atoms with Crippen LogP contribution in [-0.4, -0.2) is 14.8 Å². The third-order valence-electron chi connectivity index (χ3n) is 3.39. The van der Waals surface area contributed by atoms with Crippen LogP contribution in [0.2, 0.25) is 0 Å². The minimum absolute atomic E-state index is 0.0563. The fourth-order valence-corrected chi connectivity index (χ4v) is 2.41. The van der Waals surface area contributed by atoms with Crippen molar-refractivity contribution in [2.45, 2.75) is 0 Å². The number of rotatable bonds is 2. The number of H-pyrrole nitrogens is 1. The molecule has 2 aromatic heterocycles. The Labute approximate surface area is 130 Å². The quantitative estimate of drug-likeness (QED) is 0.743. The van der Waals surface area contributed by atoms with Gasteiger partial charge in [0.05, 0.1) is 5.69 Å². The maximum Gasteiger partial charge on any atom is 0.268 e. The summed E-state index contributed by atoms with van der Waals surface area (Å²) in [6, 6.07) is 12.6. The third-order valence-corrected chi connectivity index (χ3v) is 3.39. The minimum Gasteiger partial charge on any atom is -0.384 e. The van der Waals surface area contributed by atoms with Crippen molar-refractivity contribution in [2.24, 2.45) is 0 Å². The summed E-state index contributed by atoms with van der Waals surface area (Å²) in [5, 5.41) is 22.9. The Kier molecular flexibility index (Phi) is 3.38. The summed E-state index contributed by atoms with van der Waals surface area (Å²) in [5.41, 5.74) is 6.40. The summed E-state index contributed by atoms with van der Waals surface area (Å²) in [6.45, 7) is 0. The molecule has 3 rings (SSSR count). The number of aromatic amines is 1. The highest BCUT2D eigenvalue weighted by molar-refractivity contribution is 5.84. The van der Waals surface area contributed by atoms with Crippen molar-refractivity contribution in [2.75, 3.05) is 5.73 Å². The largest absolute Gasteiger partial charge is 0.384 e. The van der Waals surface area contributed by atoms with Gasteiger partial charge >= 0.3 is 0 Å². The van der Waals surface area contributed by atoms with Gasteiger partial charge in [-0.25, -0.2) is 4.68 Å². The van der Waals surface area contributed by atoms with Gasteiger partial charge in [-0.2, -0.15) is 15.6 Å². The van der Waals surface area contributed by atoms with Crippen LogP contribution in [0.4, 0.5) is 5.82 Å². The molecule has 0 aliphatic heterocycles. The summed E-state index contributed by atoms with van der Waals surface area (Å²) < 4.78 is 1.59. The summed E-state index contributed by atoms with van der Waals surface area (Å²) in [6.07, 6.45) is 3.34. The molecule has 23 heavy (non-hydrogen) atoms. The van der Waals surface area contributed by atoms with E-state index in [-0.39, 0.29) is 22.5 Å². The zero-order valence-corrected chi connectivity index (χ0v) is 11.8. The summed E-state index contributed by atoms with van der Waals surface area (Å²) in [4.78, 5) is 14.4. The first-order chi connectivity index (χ1) is 11.2. The predicted octanol–water partition coefficient (Wildman–Crippen LogP) is 1.55. The molecule has 0 amide bonds. The van der Waals surface area contributed by atoms with E-state index in [1.54, 1.807) is 47.4 Å². The smallest absolute Gasteiger partial charge is 0.268 e. The molecule has 3 aromatic rings. The van der Waals surface area contributed by atoms with Crippen LogP contribution < -0.4 is 11.3 Å². The van der Waals surface area contributed by atoms with Crippen molar-refractivity contribution in [1.29, 1.82) is 10.5 Å². The number of anilines is 1. The predicted molar refractivity (Wildman–Crippen MR) is 83.5 cm³/mol. The van der Waals surface area contributed by atoms with Gasteiger partial charge in [-0.05, 0) is 12.1 Å². The first-order valence-corrected chi connectivity index (χ1v) is 6.62. The number of nitrogens with two attached hydrogens (primary N) is 1. The van der Waals surface area contributed by atoms with Gasteiger partial charge in [-0.1, -0.05) is 18.2 Å². The van der Waals surface area contributed by atoms with Crippen molar-refractivity contribution in [1.82, 2.24) is 14.8 Å². The van der Waals surface area contributed by atoms with Gasteiger partial charge in [0.1, 0.15) is 29.1 Å². The average molecular weight is 302 g/mol. The number of hydrogen-bond donors (Lipinski definition) is 2. The lowest BCUT2D eigenvalue weighted by Gasteiger charge is -2.13. The standard InChI is InChI=1S/C16H10N6O/c17-8-11-14(12(9-18)16(23)21-15(11)19)10-4-1-2-5-13(10)22-7-3-6-20-22/h1-7H,(H3,19,21,23). The molecule has 7 heteroatoms. The van der Waals surface area contributed by atoms with Crippen LogP contribution in [0.25, 0.3) is 16.8 Å². The van der Waals surface area contributed by atoms with Crippen LogP contribution in [0.15, 0.2) is 47.5 Å². The molecule has 3 N–H and O–H groups in total. The maximum atomic E-state index is 12.0. The molecule has 0 spiro atoms. The second-order valence-electron chi connectivity index (χ2n) is 4.68. The molecular formula is C16H10N6O. The fourth-order valence-electron chi connectivity index (χ4n) is 2.41. The van der Waals surface area contributed by atoms with Gasteiger partial charge < -0.3 is 10.7 Å². The number of benzene rings is 1. The second kappa shape index (κ2) is 5.51. The van der Waals surface area contributed by atoms with E-state index < -0.39 is 5.56 Å². The Morgan fingerprint density at radius 3 is 2.52 bits per heavy atom.